The molecule has 3 rings (SSSR count). The molecule has 0 aromatic heterocycles. The Morgan fingerprint density at radius 1 is 1.20 bits per heavy atom. The maximum atomic E-state index is 12.4. The van der Waals surface area contributed by atoms with Gasteiger partial charge in [-0.3, -0.25) is 0 Å². The van der Waals surface area contributed by atoms with Gasteiger partial charge < -0.3 is 21.3 Å². The number of amides is 2. The van der Waals surface area contributed by atoms with Crippen molar-refractivity contribution < 1.29 is 4.79 Å². The van der Waals surface area contributed by atoms with Crippen LogP contribution in [0, 0.1) is 0 Å². The number of rotatable bonds is 2. The van der Waals surface area contributed by atoms with Crippen LogP contribution in [0.3, 0.4) is 0 Å². The van der Waals surface area contributed by atoms with Gasteiger partial charge in [0.2, 0.25) is 0 Å². The maximum absolute atomic E-state index is 12.4. The molecule has 2 fully saturated rings. The van der Waals surface area contributed by atoms with Gasteiger partial charge in [-0.25, -0.2) is 4.79 Å². The minimum atomic E-state index is -0.162. The highest BCUT2D eigenvalue weighted by Gasteiger charge is 2.46. The number of nitrogen functional groups attached to an aromatic ring is 1. The fourth-order valence-corrected chi connectivity index (χ4v) is 2.75. The van der Waals surface area contributed by atoms with Crippen LogP contribution in [-0.4, -0.2) is 37.1 Å². The number of anilines is 1. The predicted molar refractivity (Wildman–Crippen MR) is 79.4 cm³/mol. The second-order valence-corrected chi connectivity index (χ2v) is 5.72. The molecule has 0 bridgehead atoms. The Morgan fingerprint density at radius 2 is 1.95 bits per heavy atom. The minimum absolute atomic E-state index is 0.0584. The van der Waals surface area contributed by atoms with Crippen LogP contribution in [0.4, 0.5) is 10.5 Å². The van der Waals surface area contributed by atoms with E-state index in [4.69, 9.17) is 5.73 Å². The summed E-state index contributed by atoms with van der Waals surface area (Å²) in [5.41, 5.74) is 7.48. The standard InChI is InChI=1S/C15H22N4O/c16-13-4-2-12(3-5-13)15(6-7-15)18-14(20)19-10-1-8-17-9-11-19/h2-5,17H,1,6-11,16H2,(H,18,20). The SMILES string of the molecule is Nc1ccc(C2(NC(=O)N3CCCNCC3)CC2)cc1. The van der Waals surface area contributed by atoms with E-state index >= 15 is 0 Å². The largest absolute Gasteiger partial charge is 0.399 e. The van der Waals surface area contributed by atoms with Crippen molar-refractivity contribution >= 4 is 11.7 Å². The Balaban J connectivity index is 1.67. The number of carbonyl (C=O) groups excluding carboxylic acids is 1. The first-order chi connectivity index (χ1) is 9.70. The molecule has 1 aromatic carbocycles. The molecule has 1 aliphatic heterocycles. The van der Waals surface area contributed by atoms with Crippen LogP contribution >= 0.6 is 0 Å². The molecule has 5 nitrogen and oxygen atoms in total. The van der Waals surface area contributed by atoms with Gasteiger partial charge in [-0.2, -0.15) is 0 Å². The van der Waals surface area contributed by atoms with E-state index < -0.39 is 0 Å². The number of nitrogens with two attached hydrogens (primary N) is 1. The van der Waals surface area contributed by atoms with Gasteiger partial charge in [0, 0.05) is 25.3 Å². The zero-order chi connectivity index (χ0) is 14.0. The Labute approximate surface area is 119 Å². The molecule has 1 saturated carbocycles. The van der Waals surface area contributed by atoms with Gasteiger partial charge in [-0.15, -0.1) is 0 Å². The number of carbonyl (C=O) groups is 1. The Hall–Kier alpha value is -1.75. The van der Waals surface area contributed by atoms with E-state index in [-0.39, 0.29) is 11.6 Å². The van der Waals surface area contributed by atoms with E-state index in [9.17, 15) is 4.79 Å². The second kappa shape index (κ2) is 5.32. The van der Waals surface area contributed by atoms with E-state index in [0.29, 0.717) is 0 Å². The van der Waals surface area contributed by atoms with Gasteiger partial charge in [0.1, 0.15) is 0 Å². The number of nitrogens with zero attached hydrogens (tertiary/aromatic N) is 1. The monoisotopic (exact) mass is 274 g/mol. The third-order valence-corrected chi connectivity index (χ3v) is 4.19. The van der Waals surface area contributed by atoms with Crippen molar-refractivity contribution in [1.82, 2.24) is 15.5 Å². The lowest BCUT2D eigenvalue weighted by Gasteiger charge is -2.25. The lowest BCUT2D eigenvalue weighted by molar-refractivity contribution is 0.195. The molecule has 1 saturated heterocycles. The molecule has 5 heteroatoms. The summed E-state index contributed by atoms with van der Waals surface area (Å²) in [5.74, 6) is 0. The molecule has 0 radical (unpaired) electrons. The lowest BCUT2D eigenvalue weighted by atomic mass is 10.0. The number of hydrogen-bond acceptors (Lipinski definition) is 3. The van der Waals surface area contributed by atoms with Crippen LogP contribution in [0.15, 0.2) is 24.3 Å². The zero-order valence-corrected chi connectivity index (χ0v) is 11.7. The highest BCUT2D eigenvalue weighted by atomic mass is 16.2. The van der Waals surface area contributed by atoms with E-state index in [1.54, 1.807) is 0 Å². The van der Waals surface area contributed by atoms with E-state index in [1.807, 2.05) is 29.2 Å². The third-order valence-electron chi connectivity index (χ3n) is 4.19. The molecule has 0 atom stereocenters. The highest BCUT2D eigenvalue weighted by Crippen LogP contribution is 2.45. The summed E-state index contributed by atoms with van der Waals surface area (Å²) < 4.78 is 0. The average molecular weight is 274 g/mol. The highest BCUT2D eigenvalue weighted by molar-refractivity contribution is 5.76. The van der Waals surface area contributed by atoms with Crippen LogP contribution in [0.2, 0.25) is 0 Å². The van der Waals surface area contributed by atoms with Gasteiger partial charge in [0.15, 0.2) is 0 Å². The minimum Gasteiger partial charge on any atom is -0.399 e. The number of benzene rings is 1. The molecule has 1 heterocycles. The first kappa shape index (κ1) is 13.2. The summed E-state index contributed by atoms with van der Waals surface area (Å²) in [5, 5.41) is 6.53. The Morgan fingerprint density at radius 3 is 2.65 bits per heavy atom. The fourth-order valence-electron chi connectivity index (χ4n) is 2.75. The van der Waals surface area contributed by atoms with Crippen LogP contribution in [0.1, 0.15) is 24.8 Å². The van der Waals surface area contributed by atoms with Gasteiger partial charge in [0.25, 0.3) is 0 Å². The molecule has 20 heavy (non-hydrogen) atoms. The van der Waals surface area contributed by atoms with Crippen molar-refractivity contribution in [2.75, 3.05) is 31.9 Å². The molecule has 0 spiro atoms. The molecule has 4 N–H and O–H groups in total. The summed E-state index contributed by atoms with van der Waals surface area (Å²) in [6.45, 7) is 3.48. The molecule has 2 amide bonds. The van der Waals surface area contributed by atoms with Gasteiger partial charge >= 0.3 is 6.03 Å². The summed E-state index contributed by atoms with van der Waals surface area (Å²) in [7, 11) is 0. The van der Waals surface area contributed by atoms with Crippen molar-refractivity contribution in [3.63, 3.8) is 0 Å². The molecule has 2 aliphatic rings. The Kier molecular flexibility index (Phi) is 3.53. The van der Waals surface area contributed by atoms with E-state index in [1.165, 1.54) is 0 Å². The molecular weight excluding hydrogens is 252 g/mol. The normalized spacial score (nSPS) is 21.1. The van der Waals surface area contributed by atoms with Crippen molar-refractivity contribution in [2.24, 2.45) is 0 Å². The topological polar surface area (TPSA) is 70.4 Å². The number of nitrogens with one attached hydrogen (secondary N) is 2. The van der Waals surface area contributed by atoms with Gasteiger partial charge in [-0.05, 0) is 43.5 Å². The van der Waals surface area contributed by atoms with Crippen molar-refractivity contribution in [3.8, 4) is 0 Å². The summed E-state index contributed by atoms with van der Waals surface area (Å²) in [6, 6.07) is 7.90. The smallest absolute Gasteiger partial charge is 0.318 e. The maximum Gasteiger partial charge on any atom is 0.318 e. The fraction of sp³-hybridized carbons (Fsp3) is 0.533. The number of urea groups is 1. The van der Waals surface area contributed by atoms with Crippen molar-refractivity contribution in [2.45, 2.75) is 24.8 Å². The lowest BCUT2D eigenvalue weighted by Crippen LogP contribution is -2.46. The zero-order valence-electron chi connectivity index (χ0n) is 11.7. The quantitative estimate of drug-likeness (QED) is 0.711. The van der Waals surface area contributed by atoms with E-state index in [2.05, 4.69) is 10.6 Å². The molecule has 0 unspecified atom stereocenters. The van der Waals surface area contributed by atoms with Crippen LogP contribution in [0.5, 0.6) is 0 Å². The predicted octanol–water partition coefficient (Wildman–Crippen LogP) is 1.26. The number of hydrogen-bond donors (Lipinski definition) is 3. The molecule has 1 aromatic rings. The van der Waals surface area contributed by atoms with Crippen LogP contribution in [-0.2, 0) is 5.54 Å². The van der Waals surface area contributed by atoms with Gasteiger partial charge in [-0.1, -0.05) is 12.1 Å². The van der Waals surface area contributed by atoms with Crippen molar-refractivity contribution in [1.29, 1.82) is 0 Å². The van der Waals surface area contributed by atoms with Crippen LogP contribution < -0.4 is 16.4 Å². The second-order valence-electron chi connectivity index (χ2n) is 5.72. The summed E-state index contributed by atoms with van der Waals surface area (Å²) in [6.07, 6.45) is 3.03. The first-order valence-corrected chi connectivity index (χ1v) is 7.33. The Bertz CT molecular complexity index is 473. The first-order valence-electron chi connectivity index (χ1n) is 7.33. The molecule has 1 aliphatic carbocycles. The molecule has 108 valence electrons. The molecular formula is C15H22N4O. The van der Waals surface area contributed by atoms with E-state index in [0.717, 1.165) is 56.7 Å². The van der Waals surface area contributed by atoms with Crippen molar-refractivity contribution in [3.05, 3.63) is 29.8 Å². The third kappa shape index (κ3) is 2.72. The van der Waals surface area contributed by atoms with Gasteiger partial charge in [0.05, 0.1) is 5.54 Å². The summed E-state index contributed by atoms with van der Waals surface area (Å²) in [4.78, 5) is 14.3. The van der Waals surface area contributed by atoms with Crippen LogP contribution in [0.25, 0.3) is 0 Å². The average Bonchev–Trinajstić information content (AvgIpc) is 3.23. The summed E-state index contributed by atoms with van der Waals surface area (Å²) >= 11 is 0.